The maximum absolute atomic E-state index is 12.8. The zero-order valence-corrected chi connectivity index (χ0v) is 19.7. The number of benzene rings is 2. The molecule has 1 aliphatic carbocycles. The van der Waals surface area contributed by atoms with Crippen molar-refractivity contribution in [2.75, 3.05) is 20.2 Å². The summed E-state index contributed by atoms with van der Waals surface area (Å²) < 4.78 is 0. The topological polar surface area (TPSA) is 43.8 Å². The minimum Gasteiger partial charge on any atom is -0.395 e. The summed E-state index contributed by atoms with van der Waals surface area (Å²) in [6.07, 6.45) is 4.26. The van der Waals surface area contributed by atoms with E-state index in [9.17, 15) is 9.90 Å². The van der Waals surface area contributed by atoms with Gasteiger partial charge in [-0.25, -0.2) is 0 Å². The van der Waals surface area contributed by atoms with E-state index in [1.807, 2.05) is 11.9 Å². The van der Waals surface area contributed by atoms with E-state index in [1.165, 1.54) is 11.1 Å². The van der Waals surface area contributed by atoms with Gasteiger partial charge in [0.25, 0.3) is 5.91 Å². The molecule has 0 bridgehead atoms. The number of aliphatic hydroxyl groups excluding tert-OH is 1. The largest absolute Gasteiger partial charge is 0.395 e. The molecule has 0 spiro atoms. The van der Waals surface area contributed by atoms with Gasteiger partial charge in [-0.3, -0.25) is 9.69 Å². The van der Waals surface area contributed by atoms with Gasteiger partial charge in [-0.15, -0.1) is 0 Å². The molecule has 3 rings (SSSR count). The van der Waals surface area contributed by atoms with Crippen LogP contribution in [0.15, 0.2) is 48.5 Å². The highest BCUT2D eigenvalue weighted by Gasteiger charge is 2.27. The van der Waals surface area contributed by atoms with Crippen LogP contribution in [0.4, 0.5) is 0 Å². The van der Waals surface area contributed by atoms with Gasteiger partial charge < -0.3 is 10.0 Å². The van der Waals surface area contributed by atoms with Gasteiger partial charge >= 0.3 is 0 Å². The molecule has 2 aromatic carbocycles. The standard InChI is InChI=1S/C26H35ClN2O2/c1-19(2)29(16-17-30)18-20-4-6-21(7-5-20)22-10-14-25(15-11-22)28(3)26(31)23-8-12-24(27)13-9-23/h4-9,12-13,19,22,25,30H,10-11,14-18H2,1-3H3. The van der Waals surface area contributed by atoms with Crippen molar-refractivity contribution in [1.82, 2.24) is 9.80 Å². The van der Waals surface area contributed by atoms with Crippen molar-refractivity contribution >= 4 is 17.5 Å². The molecule has 0 saturated heterocycles. The average molecular weight is 443 g/mol. The van der Waals surface area contributed by atoms with E-state index < -0.39 is 0 Å². The summed E-state index contributed by atoms with van der Waals surface area (Å²) in [5, 5.41) is 9.93. The number of carbonyl (C=O) groups is 1. The summed E-state index contributed by atoms with van der Waals surface area (Å²) >= 11 is 5.94. The molecule has 0 atom stereocenters. The van der Waals surface area contributed by atoms with Crippen LogP contribution in [0.1, 0.15) is 66.9 Å². The van der Waals surface area contributed by atoms with Gasteiger partial charge in [0.1, 0.15) is 0 Å². The second kappa shape index (κ2) is 11.1. The molecule has 0 aliphatic heterocycles. The quantitative estimate of drug-likeness (QED) is 0.600. The second-order valence-corrected chi connectivity index (χ2v) is 9.39. The van der Waals surface area contributed by atoms with Crippen molar-refractivity contribution in [3.8, 4) is 0 Å². The van der Waals surface area contributed by atoms with E-state index in [0.29, 0.717) is 29.1 Å². The van der Waals surface area contributed by atoms with Crippen LogP contribution in [-0.4, -0.2) is 53.1 Å². The molecule has 4 nitrogen and oxygen atoms in total. The lowest BCUT2D eigenvalue weighted by Gasteiger charge is -2.35. The lowest BCUT2D eigenvalue weighted by atomic mass is 9.81. The van der Waals surface area contributed by atoms with Crippen molar-refractivity contribution < 1.29 is 9.90 Å². The van der Waals surface area contributed by atoms with Crippen molar-refractivity contribution in [2.24, 2.45) is 0 Å². The molecule has 0 radical (unpaired) electrons. The normalized spacial score (nSPS) is 19.1. The number of nitrogens with zero attached hydrogens (tertiary/aromatic N) is 2. The van der Waals surface area contributed by atoms with Crippen molar-refractivity contribution in [2.45, 2.75) is 64.1 Å². The number of halogens is 1. The smallest absolute Gasteiger partial charge is 0.253 e. The number of hydrogen-bond donors (Lipinski definition) is 1. The molecule has 0 unspecified atom stereocenters. The van der Waals surface area contributed by atoms with Crippen LogP contribution in [0.25, 0.3) is 0 Å². The number of carbonyl (C=O) groups excluding carboxylic acids is 1. The van der Waals surface area contributed by atoms with E-state index in [-0.39, 0.29) is 18.6 Å². The molecule has 1 amide bonds. The van der Waals surface area contributed by atoms with Crippen LogP contribution in [0, 0.1) is 0 Å². The Morgan fingerprint density at radius 1 is 1.03 bits per heavy atom. The van der Waals surface area contributed by atoms with Crippen LogP contribution in [-0.2, 0) is 6.54 Å². The molecule has 2 aromatic rings. The molecular weight excluding hydrogens is 408 g/mol. The van der Waals surface area contributed by atoms with Crippen LogP contribution in [0.3, 0.4) is 0 Å². The number of rotatable bonds is 8. The molecule has 1 aliphatic rings. The molecule has 1 N–H and O–H groups in total. The summed E-state index contributed by atoms with van der Waals surface area (Å²) in [6, 6.07) is 16.8. The molecular formula is C26H35ClN2O2. The van der Waals surface area contributed by atoms with Crippen molar-refractivity contribution in [3.05, 3.63) is 70.2 Å². The monoisotopic (exact) mass is 442 g/mol. The fraction of sp³-hybridized carbons (Fsp3) is 0.500. The molecule has 168 valence electrons. The first-order valence-corrected chi connectivity index (χ1v) is 11.7. The van der Waals surface area contributed by atoms with E-state index in [2.05, 4.69) is 43.0 Å². The second-order valence-electron chi connectivity index (χ2n) is 8.96. The SMILES string of the molecule is CC(C)N(CCO)Cc1ccc(C2CCC(N(C)C(=O)c3ccc(Cl)cc3)CC2)cc1. The predicted molar refractivity (Wildman–Crippen MR) is 128 cm³/mol. The van der Waals surface area contributed by atoms with Gasteiger partial charge in [-0.05, 0) is 80.8 Å². The van der Waals surface area contributed by atoms with Crippen molar-refractivity contribution in [1.29, 1.82) is 0 Å². The molecule has 1 fully saturated rings. The van der Waals surface area contributed by atoms with Gasteiger partial charge in [0.2, 0.25) is 0 Å². The van der Waals surface area contributed by atoms with E-state index in [1.54, 1.807) is 24.3 Å². The summed E-state index contributed by atoms with van der Waals surface area (Å²) in [4.78, 5) is 17.0. The minimum atomic E-state index is 0.0713. The highest BCUT2D eigenvalue weighted by molar-refractivity contribution is 6.30. The Kier molecular flexibility index (Phi) is 8.53. The van der Waals surface area contributed by atoms with Gasteiger partial charge in [0.15, 0.2) is 0 Å². The van der Waals surface area contributed by atoms with Gasteiger partial charge in [0, 0.05) is 42.8 Å². The molecule has 1 saturated carbocycles. The van der Waals surface area contributed by atoms with Crippen molar-refractivity contribution in [3.63, 3.8) is 0 Å². The Balaban J connectivity index is 1.54. The van der Waals surface area contributed by atoms with Crippen LogP contribution < -0.4 is 0 Å². The predicted octanol–water partition coefficient (Wildman–Crippen LogP) is 5.34. The first-order valence-electron chi connectivity index (χ1n) is 11.4. The first kappa shape index (κ1) is 23.8. The third-order valence-electron chi connectivity index (χ3n) is 6.61. The summed E-state index contributed by atoms with van der Waals surface area (Å²) in [5.41, 5.74) is 3.38. The Labute approximate surface area is 191 Å². The lowest BCUT2D eigenvalue weighted by molar-refractivity contribution is 0.0689. The number of amides is 1. The maximum Gasteiger partial charge on any atom is 0.253 e. The summed E-state index contributed by atoms with van der Waals surface area (Å²) in [7, 11) is 1.92. The van der Waals surface area contributed by atoms with Crippen LogP contribution in [0.5, 0.6) is 0 Å². The summed E-state index contributed by atoms with van der Waals surface area (Å²) in [5.74, 6) is 0.630. The highest BCUT2D eigenvalue weighted by Crippen LogP contribution is 2.35. The van der Waals surface area contributed by atoms with E-state index in [4.69, 9.17) is 11.6 Å². The highest BCUT2D eigenvalue weighted by atomic mass is 35.5. The molecule has 31 heavy (non-hydrogen) atoms. The van der Waals surface area contributed by atoms with Gasteiger partial charge in [0.05, 0.1) is 6.61 Å². The summed E-state index contributed by atoms with van der Waals surface area (Å²) in [6.45, 7) is 6.08. The maximum atomic E-state index is 12.8. The number of hydrogen-bond acceptors (Lipinski definition) is 3. The average Bonchev–Trinajstić information content (AvgIpc) is 2.79. The number of aliphatic hydroxyl groups is 1. The Morgan fingerprint density at radius 2 is 1.65 bits per heavy atom. The zero-order chi connectivity index (χ0) is 22.4. The fourth-order valence-corrected chi connectivity index (χ4v) is 4.66. The zero-order valence-electron chi connectivity index (χ0n) is 18.9. The fourth-order valence-electron chi connectivity index (χ4n) is 4.54. The van der Waals surface area contributed by atoms with Gasteiger partial charge in [-0.2, -0.15) is 0 Å². The van der Waals surface area contributed by atoms with Crippen LogP contribution >= 0.6 is 11.6 Å². The third-order valence-corrected chi connectivity index (χ3v) is 6.86. The van der Waals surface area contributed by atoms with E-state index >= 15 is 0 Å². The van der Waals surface area contributed by atoms with Crippen LogP contribution in [0.2, 0.25) is 5.02 Å². The van der Waals surface area contributed by atoms with E-state index in [0.717, 1.165) is 32.2 Å². The Morgan fingerprint density at radius 3 is 2.19 bits per heavy atom. The third kappa shape index (κ3) is 6.31. The molecule has 0 aromatic heterocycles. The lowest BCUT2D eigenvalue weighted by Crippen LogP contribution is -2.39. The Bertz CT molecular complexity index is 827. The first-order chi connectivity index (χ1) is 14.9. The van der Waals surface area contributed by atoms with Gasteiger partial charge in [-0.1, -0.05) is 35.9 Å². The minimum absolute atomic E-state index is 0.0713. The Hall–Kier alpha value is -1.88. The molecule has 5 heteroatoms. The molecule has 0 heterocycles.